The van der Waals surface area contributed by atoms with Crippen LogP contribution in [0.25, 0.3) is 0 Å². The van der Waals surface area contributed by atoms with Crippen LogP contribution < -0.4 is 4.74 Å². The first-order valence-corrected chi connectivity index (χ1v) is 8.86. The Morgan fingerprint density at radius 3 is 2.60 bits per heavy atom. The molecule has 0 saturated carbocycles. The number of Topliss-reactive ketones (excluding diaryl/α,β-unsaturated/α-hetero) is 1. The molecule has 0 fully saturated rings. The summed E-state index contributed by atoms with van der Waals surface area (Å²) in [5.41, 5.74) is -0.636. The topological polar surface area (TPSA) is 91.0 Å². The van der Waals surface area contributed by atoms with E-state index >= 15 is 0 Å². The minimum atomic E-state index is -4.63. The van der Waals surface area contributed by atoms with Gasteiger partial charge in [-0.05, 0) is 40.2 Å². The fourth-order valence-corrected chi connectivity index (χ4v) is 4.42. The lowest BCUT2D eigenvalue weighted by molar-refractivity contribution is 0.0558. The zero-order valence-electron chi connectivity index (χ0n) is 12.0. The third kappa shape index (κ3) is 2.51. The molecule has 1 aliphatic rings. The fraction of sp³-hybridized carbons (Fsp3) is 0.0667. The van der Waals surface area contributed by atoms with Crippen LogP contribution in [0.5, 0.6) is 11.5 Å². The Bertz CT molecular complexity index is 1080. The monoisotopic (exact) mass is 430 g/mol. The van der Waals surface area contributed by atoms with Gasteiger partial charge in [0.05, 0.1) is 26.6 Å². The predicted octanol–water partition coefficient (Wildman–Crippen LogP) is 4.45. The molecule has 25 heavy (non-hydrogen) atoms. The van der Waals surface area contributed by atoms with Gasteiger partial charge < -0.3 is 4.74 Å². The summed E-state index contributed by atoms with van der Waals surface area (Å²) in [5.74, 6) is -2.73. The van der Waals surface area contributed by atoms with E-state index in [0.29, 0.717) is 0 Å². The van der Waals surface area contributed by atoms with Gasteiger partial charge in [-0.1, -0.05) is 0 Å². The SMILES string of the molecule is N#Cc1cc(F)cc(Oc2ccc3c(c2Br)C(=O)C(F)(F)S3(=N)=O)c1. The summed E-state index contributed by atoms with van der Waals surface area (Å²) in [7, 11) is -4.63. The number of benzene rings is 2. The first-order valence-electron chi connectivity index (χ1n) is 6.51. The average Bonchev–Trinajstić information content (AvgIpc) is 2.67. The summed E-state index contributed by atoms with van der Waals surface area (Å²) in [6.07, 6.45) is 0. The minimum absolute atomic E-state index is 0.0240. The molecule has 128 valence electrons. The van der Waals surface area contributed by atoms with Crippen LogP contribution >= 0.6 is 15.9 Å². The number of carbonyl (C=O) groups excluding carboxylic acids is 1. The normalized spacial score (nSPS) is 20.8. The number of carbonyl (C=O) groups is 1. The van der Waals surface area contributed by atoms with Gasteiger partial charge in [0.15, 0.2) is 0 Å². The van der Waals surface area contributed by atoms with Crippen molar-refractivity contribution in [3.63, 3.8) is 0 Å². The second kappa shape index (κ2) is 5.57. The number of halogens is 4. The molecule has 0 bridgehead atoms. The number of nitrogens with zero attached hydrogens (tertiary/aromatic N) is 1. The number of ether oxygens (including phenoxy) is 1. The summed E-state index contributed by atoms with van der Waals surface area (Å²) in [5, 5.41) is 4.48. The summed E-state index contributed by atoms with van der Waals surface area (Å²) in [6, 6.07) is 6.95. The van der Waals surface area contributed by atoms with Crippen molar-refractivity contribution >= 4 is 31.4 Å². The van der Waals surface area contributed by atoms with E-state index in [1.807, 2.05) is 0 Å². The number of rotatable bonds is 2. The van der Waals surface area contributed by atoms with Gasteiger partial charge >= 0.3 is 5.25 Å². The Hall–Kier alpha value is -2.38. The van der Waals surface area contributed by atoms with Gasteiger partial charge in [0.1, 0.15) is 27.0 Å². The van der Waals surface area contributed by atoms with Crippen LogP contribution in [-0.4, -0.2) is 15.2 Å². The quantitative estimate of drug-likeness (QED) is 0.761. The smallest absolute Gasteiger partial charge is 0.394 e. The number of nitriles is 1. The Kier molecular flexibility index (Phi) is 3.89. The second-order valence-corrected chi connectivity index (χ2v) is 7.90. The van der Waals surface area contributed by atoms with Crippen molar-refractivity contribution in [1.29, 1.82) is 10.0 Å². The van der Waals surface area contributed by atoms with Crippen molar-refractivity contribution in [1.82, 2.24) is 0 Å². The van der Waals surface area contributed by atoms with Gasteiger partial charge in [0, 0.05) is 6.07 Å². The number of alkyl halides is 2. The predicted molar refractivity (Wildman–Crippen MR) is 83.7 cm³/mol. The lowest BCUT2D eigenvalue weighted by Gasteiger charge is -2.10. The third-order valence-corrected chi connectivity index (χ3v) is 6.11. The Morgan fingerprint density at radius 1 is 1.28 bits per heavy atom. The first-order chi connectivity index (χ1) is 11.6. The van der Waals surface area contributed by atoms with E-state index in [1.165, 1.54) is 6.07 Å². The maximum absolute atomic E-state index is 13.8. The van der Waals surface area contributed by atoms with Crippen LogP contribution in [0, 0.1) is 21.9 Å². The zero-order valence-corrected chi connectivity index (χ0v) is 14.4. The molecule has 0 saturated heterocycles. The van der Waals surface area contributed by atoms with E-state index in [-0.39, 0.29) is 21.5 Å². The van der Waals surface area contributed by atoms with Gasteiger partial charge in [0.25, 0.3) is 0 Å². The van der Waals surface area contributed by atoms with E-state index in [1.54, 1.807) is 6.07 Å². The zero-order chi connectivity index (χ0) is 18.6. The maximum Gasteiger partial charge on any atom is 0.394 e. The Morgan fingerprint density at radius 2 is 1.96 bits per heavy atom. The molecule has 1 N–H and O–H groups in total. The lowest BCUT2D eigenvalue weighted by Crippen LogP contribution is -2.29. The molecule has 0 radical (unpaired) electrons. The molecule has 1 heterocycles. The Labute approximate surface area is 148 Å². The molecule has 2 aromatic rings. The second-order valence-electron chi connectivity index (χ2n) is 5.04. The summed E-state index contributed by atoms with van der Waals surface area (Å²) >= 11 is 2.94. The van der Waals surface area contributed by atoms with E-state index < -0.39 is 37.0 Å². The molecule has 1 atom stereocenters. The Balaban J connectivity index is 2.12. The van der Waals surface area contributed by atoms with Crippen molar-refractivity contribution < 1.29 is 26.9 Å². The highest BCUT2D eigenvalue weighted by molar-refractivity contribution is 9.10. The molecule has 2 aromatic carbocycles. The molecule has 10 heteroatoms. The molecule has 1 aliphatic heterocycles. The number of ketones is 1. The average molecular weight is 431 g/mol. The van der Waals surface area contributed by atoms with Crippen molar-refractivity contribution in [2.45, 2.75) is 10.2 Å². The van der Waals surface area contributed by atoms with Crippen LogP contribution in [0.15, 0.2) is 39.7 Å². The molecular formula is C15H6BrF3N2O3S. The lowest BCUT2D eigenvalue weighted by atomic mass is 10.1. The fourth-order valence-electron chi connectivity index (χ4n) is 2.30. The van der Waals surface area contributed by atoms with Crippen molar-refractivity contribution in [3.8, 4) is 17.6 Å². The van der Waals surface area contributed by atoms with E-state index in [9.17, 15) is 22.2 Å². The number of hydrogen-bond donors (Lipinski definition) is 1. The van der Waals surface area contributed by atoms with Crippen LogP contribution in [0.3, 0.4) is 0 Å². The molecule has 0 aromatic heterocycles. The van der Waals surface area contributed by atoms with Gasteiger partial charge in [0.2, 0.25) is 5.78 Å². The van der Waals surface area contributed by atoms with Gasteiger partial charge in [-0.3, -0.25) is 4.79 Å². The highest BCUT2D eigenvalue weighted by Gasteiger charge is 2.59. The molecule has 0 aliphatic carbocycles. The van der Waals surface area contributed by atoms with Crippen molar-refractivity contribution in [3.05, 3.63) is 51.7 Å². The van der Waals surface area contributed by atoms with Crippen molar-refractivity contribution in [2.75, 3.05) is 0 Å². The molecule has 5 nitrogen and oxygen atoms in total. The number of hydrogen-bond acceptors (Lipinski definition) is 5. The molecule has 1 unspecified atom stereocenters. The van der Waals surface area contributed by atoms with Gasteiger partial charge in [-0.15, -0.1) is 0 Å². The summed E-state index contributed by atoms with van der Waals surface area (Å²) < 4.78 is 65.6. The van der Waals surface area contributed by atoms with Gasteiger partial charge in [-0.25, -0.2) is 13.4 Å². The highest BCUT2D eigenvalue weighted by atomic mass is 79.9. The van der Waals surface area contributed by atoms with Gasteiger partial charge in [-0.2, -0.15) is 14.0 Å². The first kappa shape index (κ1) is 17.4. The largest absolute Gasteiger partial charge is 0.456 e. The molecule has 3 rings (SSSR count). The number of nitrogens with one attached hydrogen (secondary N) is 1. The van der Waals surface area contributed by atoms with Crippen LogP contribution in [0.1, 0.15) is 15.9 Å². The number of fused-ring (bicyclic) bond motifs is 1. The van der Waals surface area contributed by atoms with Crippen LogP contribution in [0.4, 0.5) is 13.2 Å². The maximum atomic E-state index is 13.8. The standard InChI is InChI=1S/C15H6BrF3N2O3S/c16-13-10(24-9-4-7(6-20)3-8(17)5-9)1-2-11-12(13)14(22)15(18,19)25(11,21)23/h1-5,21H. The molecule has 0 amide bonds. The van der Waals surface area contributed by atoms with Crippen LogP contribution in [0.2, 0.25) is 0 Å². The third-order valence-electron chi connectivity index (χ3n) is 3.46. The summed E-state index contributed by atoms with van der Waals surface area (Å²) in [6.45, 7) is 0. The van der Waals surface area contributed by atoms with E-state index in [4.69, 9.17) is 14.8 Å². The van der Waals surface area contributed by atoms with Crippen molar-refractivity contribution in [2.24, 2.45) is 0 Å². The van der Waals surface area contributed by atoms with E-state index in [2.05, 4.69) is 15.9 Å². The summed E-state index contributed by atoms with van der Waals surface area (Å²) in [4.78, 5) is 11.3. The highest BCUT2D eigenvalue weighted by Crippen LogP contribution is 2.47. The van der Waals surface area contributed by atoms with Crippen LogP contribution in [-0.2, 0) is 9.73 Å². The van der Waals surface area contributed by atoms with E-state index in [0.717, 1.165) is 24.3 Å². The molecule has 0 spiro atoms. The molecular weight excluding hydrogens is 425 g/mol. The minimum Gasteiger partial charge on any atom is -0.456 e.